The fraction of sp³-hybridized carbons (Fsp3) is 0.435. The molecule has 2 atom stereocenters. The second-order valence-corrected chi connectivity index (χ2v) is 7.88. The molecule has 4 rings (SSSR count). The third-order valence-electron chi connectivity index (χ3n) is 5.93. The Balaban J connectivity index is 1.38. The number of anilines is 1. The van der Waals surface area contributed by atoms with E-state index in [1.807, 2.05) is 29.2 Å². The minimum absolute atomic E-state index is 0.0106. The van der Waals surface area contributed by atoms with Crippen molar-refractivity contribution < 1.29 is 14.3 Å². The highest BCUT2D eigenvalue weighted by atomic mass is 16.5. The zero-order valence-electron chi connectivity index (χ0n) is 16.5. The van der Waals surface area contributed by atoms with Crippen LogP contribution in [-0.4, -0.2) is 41.4 Å². The van der Waals surface area contributed by atoms with Gasteiger partial charge in [-0.2, -0.15) is 0 Å². The van der Waals surface area contributed by atoms with Crippen LogP contribution in [0, 0.1) is 11.8 Å². The molecule has 2 aliphatic heterocycles. The molecule has 6 nitrogen and oxygen atoms in total. The first-order valence-corrected chi connectivity index (χ1v) is 10.4. The van der Waals surface area contributed by atoms with Crippen molar-refractivity contribution in [2.24, 2.45) is 11.8 Å². The number of rotatable bonds is 3. The van der Waals surface area contributed by atoms with Gasteiger partial charge in [0.05, 0.1) is 6.61 Å². The van der Waals surface area contributed by atoms with Crippen molar-refractivity contribution in [1.82, 2.24) is 9.88 Å². The van der Waals surface area contributed by atoms with E-state index < -0.39 is 0 Å². The summed E-state index contributed by atoms with van der Waals surface area (Å²) in [6.07, 6.45) is 5.10. The summed E-state index contributed by atoms with van der Waals surface area (Å²) in [5.41, 5.74) is 1.81. The normalized spacial score (nSPS) is 21.9. The second-order valence-electron chi connectivity index (χ2n) is 7.88. The zero-order chi connectivity index (χ0) is 20.1. The molecule has 1 saturated heterocycles. The Morgan fingerprint density at radius 3 is 2.86 bits per heavy atom. The number of nitrogens with zero attached hydrogens (tertiary/aromatic N) is 2. The standard InChI is InChI=1S/C23H27N3O3/c27-21-15-18-10-13-26(22(28)9-8-17-5-2-1-3-6-17)16-19(18)11-14-29-23-20(25-21)7-4-12-24-23/h1-7,12,18-19H,8-11,13-16H2,(H,25,27)/t18-,19-/m0/s1. The van der Waals surface area contributed by atoms with Crippen LogP contribution in [0.15, 0.2) is 48.7 Å². The van der Waals surface area contributed by atoms with Gasteiger partial charge in [-0.1, -0.05) is 30.3 Å². The van der Waals surface area contributed by atoms with Gasteiger partial charge in [0, 0.05) is 32.1 Å². The lowest BCUT2D eigenvalue weighted by Crippen LogP contribution is -2.45. The Bertz CT molecular complexity index is 855. The van der Waals surface area contributed by atoms with Crippen molar-refractivity contribution in [3.63, 3.8) is 0 Å². The summed E-state index contributed by atoms with van der Waals surface area (Å²) in [5, 5.41) is 2.93. The van der Waals surface area contributed by atoms with Crippen molar-refractivity contribution in [2.45, 2.75) is 32.1 Å². The number of hydrogen-bond donors (Lipinski definition) is 1. The number of nitrogens with one attached hydrogen (secondary N) is 1. The van der Waals surface area contributed by atoms with Gasteiger partial charge >= 0.3 is 0 Å². The molecule has 1 aromatic heterocycles. The number of aryl methyl sites for hydroxylation is 1. The van der Waals surface area contributed by atoms with E-state index in [0.29, 0.717) is 37.6 Å². The van der Waals surface area contributed by atoms with E-state index in [1.165, 1.54) is 5.56 Å². The van der Waals surface area contributed by atoms with Gasteiger partial charge < -0.3 is 15.0 Å². The van der Waals surface area contributed by atoms with Gasteiger partial charge in [0.25, 0.3) is 0 Å². The summed E-state index contributed by atoms with van der Waals surface area (Å²) >= 11 is 0. The molecule has 2 aliphatic rings. The highest BCUT2D eigenvalue weighted by Gasteiger charge is 2.33. The van der Waals surface area contributed by atoms with E-state index in [2.05, 4.69) is 22.4 Å². The number of fused-ring (bicyclic) bond motifs is 2. The average Bonchev–Trinajstić information content (AvgIpc) is 2.75. The maximum atomic E-state index is 12.8. The maximum Gasteiger partial charge on any atom is 0.237 e. The first kappa shape index (κ1) is 19.4. The fourth-order valence-electron chi connectivity index (χ4n) is 4.30. The van der Waals surface area contributed by atoms with Gasteiger partial charge in [-0.25, -0.2) is 4.98 Å². The first-order valence-electron chi connectivity index (χ1n) is 10.4. The van der Waals surface area contributed by atoms with Gasteiger partial charge in [-0.05, 0) is 48.8 Å². The molecule has 6 heteroatoms. The van der Waals surface area contributed by atoms with Crippen LogP contribution in [0.2, 0.25) is 0 Å². The van der Waals surface area contributed by atoms with Crippen molar-refractivity contribution in [1.29, 1.82) is 0 Å². The van der Waals surface area contributed by atoms with Crippen molar-refractivity contribution >= 4 is 17.5 Å². The van der Waals surface area contributed by atoms with Crippen LogP contribution in [0.5, 0.6) is 5.88 Å². The number of ether oxygens (including phenoxy) is 1. The van der Waals surface area contributed by atoms with Gasteiger partial charge in [0.1, 0.15) is 5.69 Å². The number of carbonyl (C=O) groups excluding carboxylic acids is 2. The number of carbonyl (C=O) groups is 2. The summed E-state index contributed by atoms with van der Waals surface area (Å²) in [5.74, 6) is 1.19. The van der Waals surface area contributed by atoms with Gasteiger partial charge in [-0.15, -0.1) is 0 Å². The quantitative estimate of drug-likeness (QED) is 0.869. The van der Waals surface area contributed by atoms with E-state index in [4.69, 9.17) is 4.74 Å². The highest BCUT2D eigenvalue weighted by molar-refractivity contribution is 5.92. The van der Waals surface area contributed by atoms with Crippen LogP contribution in [0.1, 0.15) is 31.2 Å². The molecule has 1 aromatic carbocycles. The van der Waals surface area contributed by atoms with E-state index in [-0.39, 0.29) is 23.7 Å². The number of likely N-dealkylation sites (tertiary alicyclic amines) is 1. The minimum atomic E-state index is -0.0106. The van der Waals surface area contributed by atoms with Gasteiger partial charge in [-0.3, -0.25) is 9.59 Å². The number of pyridine rings is 1. The molecule has 0 radical (unpaired) electrons. The largest absolute Gasteiger partial charge is 0.476 e. The monoisotopic (exact) mass is 393 g/mol. The van der Waals surface area contributed by atoms with Crippen molar-refractivity contribution in [3.8, 4) is 5.88 Å². The lowest BCUT2D eigenvalue weighted by atomic mass is 9.81. The number of amides is 2. The lowest BCUT2D eigenvalue weighted by Gasteiger charge is -2.39. The molecule has 2 aromatic rings. The molecule has 0 spiro atoms. The SMILES string of the molecule is O=C1C[C@@H]2CCN(C(=O)CCc3ccccc3)C[C@@H]2CCOc2ncccc2N1. The van der Waals surface area contributed by atoms with E-state index in [9.17, 15) is 9.59 Å². The van der Waals surface area contributed by atoms with Crippen LogP contribution in [0.25, 0.3) is 0 Å². The smallest absolute Gasteiger partial charge is 0.237 e. The number of benzene rings is 1. The Morgan fingerprint density at radius 2 is 2.00 bits per heavy atom. The first-order chi connectivity index (χ1) is 14.2. The third-order valence-corrected chi connectivity index (χ3v) is 5.93. The van der Waals surface area contributed by atoms with Crippen LogP contribution in [-0.2, 0) is 16.0 Å². The van der Waals surface area contributed by atoms with Crippen molar-refractivity contribution in [2.75, 3.05) is 25.0 Å². The molecular weight excluding hydrogens is 366 g/mol. The molecule has 0 aliphatic carbocycles. The number of aromatic nitrogens is 1. The van der Waals surface area contributed by atoms with Gasteiger partial charge in [0.2, 0.25) is 17.7 Å². The summed E-state index contributed by atoms with van der Waals surface area (Å²) < 4.78 is 5.83. The molecule has 2 amide bonds. The average molecular weight is 393 g/mol. The Morgan fingerprint density at radius 1 is 1.14 bits per heavy atom. The fourth-order valence-corrected chi connectivity index (χ4v) is 4.30. The molecule has 0 unspecified atom stereocenters. The molecule has 1 fully saturated rings. The summed E-state index contributed by atoms with van der Waals surface area (Å²) in [7, 11) is 0. The lowest BCUT2D eigenvalue weighted by molar-refractivity contribution is -0.134. The van der Waals surface area contributed by atoms with E-state index >= 15 is 0 Å². The number of piperidine rings is 1. The predicted molar refractivity (Wildman–Crippen MR) is 111 cm³/mol. The van der Waals surface area contributed by atoms with E-state index in [0.717, 1.165) is 25.8 Å². The Labute approximate surface area is 171 Å². The zero-order valence-corrected chi connectivity index (χ0v) is 16.5. The Kier molecular flexibility index (Phi) is 6.08. The molecule has 3 heterocycles. The van der Waals surface area contributed by atoms with E-state index in [1.54, 1.807) is 12.3 Å². The topological polar surface area (TPSA) is 71.5 Å². The molecule has 152 valence electrons. The predicted octanol–water partition coefficient (Wildman–Crippen LogP) is 3.29. The molecule has 0 bridgehead atoms. The van der Waals surface area contributed by atoms with Gasteiger partial charge in [0.15, 0.2) is 0 Å². The third kappa shape index (κ3) is 4.94. The minimum Gasteiger partial charge on any atom is -0.476 e. The summed E-state index contributed by atoms with van der Waals surface area (Å²) in [4.78, 5) is 31.5. The molecular formula is C23H27N3O3. The Hall–Kier alpha value is -2.89. The van der Waals surface area contributed by atoms with Crippen LogP contribution < -0.4 is 10.1 Å². The highest BCUT2D eigenvalue weighted by Crippen LogP contribution is 2.32. The van der Waals surface area contributed by atoms with Crippen LogP contribution >= 0.6 is 0 Å². The number of hydrogen-bond acceptors (Lipinski definition) is 4. The van der Waals surface area contributed by atoms with Crippen LogP contribution in [0.4, 0.5) is 5.69 Å². The molecule has 1 N–H and O–H groups in total. The molecule has 0 saturated carbocycles. The van der Waals surface area contributed by atoms with Crippen molar-refractivity contribution in [3.05, 3.63) is 54.2 Å². The summed E-state index contributed by atoms with van der Waals surface area (Å²) in [6.45, 7) is 1.96. The van der Waals surface area contributed by atoms with Crippen LogP contribution in [0.3, 0.4) is 0 Å². The summed E-state index contributed by atoms with van der Waals surface area (Å²) in [6, 6.07) is 13.7. The molecule has 29 heavy (non-hydrogen) atoms. The maximum absolute atomic E-state index is 12.8. The second kappa shape index (κ2) is 9.07.